The second-order valence-electron chi connectivity index (χ2n) is 6.66. The van der Waals surface area contributed by atoms with E-state index in [1.54, 1.807) is 6.26 Å². The summed E-state index contributed by atoms with van der Waals surface area (Å²) < 4.78 is 5.34. The predicted octanol–water partition coefficient (Wildman–Crippen LogP) is 3.67. The van der Waals surface area contributed by atoms with Crippen LogP contribution in [0.5, 0.6) is 0 Å². The van der Waals surface area contributed by atoms with Gasteiger partial charge in [0, 0.05) is 44.1 Å². The number of furan rings is 1. The number of piperazine rings is 1. The smallest absolute Gasteiger partial charge is 0.122 e. The van der Waals surface area contributed by atoms with Crippen LogP contribution in [0.4, 0.5) is 11.4 Å². The molecule has 0 unspecified atom stereocenters. The zero-order chi connectivity index (χ0) is 16.1. The number of rotatable bonds is 6. The number of anilines is 2. The molecule has 2 heterocycles. The number of benzene rings is 1. The lowest BCUT2D eigenvalue weighted by Gasteiger charge is -2.36. The zero-order valence-electron chi connectivity index (χ0n) is 14.2. The van der Waals surface area contributed by atoms with Crippen molar-refractivity contribution in [1.29, 1.82) is 0 Å². The van der Waals surface area contributed by atoms with Gasteiger partial charge in [-0.2, -0.15) is 0 Å². The fourth-order valence-electron chi connectivity index (χ4n) is 3.10. The van der Waals surface area contributed by atoms with Crippen molar-refractivity contribution < 1.29 is 4.42 Å². The molecular weight excluding hydrogens is 286 g/mol. The molecule has 1 N–H and O–H groups in total. The van der Waals surface area contributed by atoms with Gasteiger partial charge in [-0.3, -0.25) is 4.90 Å². The Bertz CT molecular complexity index is 569. The Morgan fingerprint density at radius 1 is 1.04 bits per heavy atom. The third kappa shape index (κ3) is 4.52. The van der Waals surface area contributed by atoms with E-state index in [4.69, 9.17) is 4.42 Å². The lowest BCUT2D eigenvalue weighted by atomic mass is 10.2. The van der Waals surface area contributed by atoms with Crippen LogP contribution in [-0.2, 0) is 6.54 Å². The fourth-order valence-corrected chi connectivity index (χ4v) is 3.10. The Labute approximate surface area is 139 Å². The molecule has 0 radical (unpaired) electrons. The summed E-state index contributed by atoms with van der Waals surface area (Å²) in [5.41, 5.74) is 2.45. The van der Waals surface area contributed by atoms with Crippen LogP contribution in [-0.4, -0.2) is 37.6 Å². The normalized spacial score (nSPS) is 16.0. The molecule has 1 aliphatic rings. The first kappa shape index (κ1) is 15.9. The second-order valence-corrected chi connectivity index (χ2v) is 6.66. The van der Waals surface area contributed by atoms with E-state index in [0.717, 1.165) is 50.1 Å². The first-order chi connectivity index (χ1) is 11.2. The van der Waals surface area contributed by atoms with Gasteiger partial charge in [0.15, 0.2) is 0 Å². The first-order valence-corrected chi connectivity index (χ1v) is 8.54. The number of nitrogens with one attached hydrogen (secondary N) is 1. The Kier molecular flexibility index (Phi) is 5.23. The van der Waals surface area contributed by atoms with Gasteiger partial charge >= 0.3 is 0 Å². The van der Waals surface area contributed by atoms with Crippen molar-refractivity contribution >= 4 is 11.4 Å². The average molecular weight is 313 g/mol. The maximum Gasteiger partial charge on any atom is 0.122 e. The van der Waals surface area contributed by atoms with Crippen LogP contribution in [0.25, 0.3) is 0 Å². The van der Waals surface area contributed by atoms with Crippen molar-refractivity contribution in [3.05, 3.63) is 48.4 Å². The third-order valence-electron chi connectivity index (χ3n) is 4.27. The highest BCUT2D eigenvalue weighted by atomic mass is 16.3. The van der Waals surface area contributed by atoms with Crippen LogP contribution in [0.2, 0.25) is 0 Å². The SMILES string of the molecule is CC(C)CN1CCN(c2ccc(NCc3ccco3)cc2)CC1. The van der Waals surface area contributed by atoms with Crippen LogP contribution < -0.4 is 10.2 Å². The van der Waals surface area contributed by atoms with E-state index in [0.29, 0.717) is 0 Å². The van der Waals surface area contributed by atoms with E-state index in [1.807, 2.05) is 12.1 Å². The molecule has 4 heteroatoms. The highest BCUT2D eigenvalue weighted by molar-refractivity contribution is 5.55. The molecule has 1 aromatic carbocycles. The Balaban J connectivity index is 1.49. The van der Waals surface area contributed by atoms with Gasteiger partial charge in [0.2, 0.25) is 0 Å². The molecule has 0 aliphatic carbocycles. The van der Waals surface area contributed by atoms with Crippen LogP contribution >= 0.6 is 0 Å². The van der Waals surface area contributed by atoms with Gasteiger partial charge in [-0.15, -0.1) is 0 Å². The van der Waals surface area contributed by atoms with E-state index >= 15 is 0 Å². The summed E-state index contributed by atoms with van der Waals surface area (Å²) in [6.45, 7) is 11.1. The minimum Gasteiger partial charge on any atom is -0.467 e. The number of nitrogens with zero attached hydrogens (tertiary/aromatic N) is 2. The quantitative estimate of drug-likeness (QED) is 0.882. The van der Waals surface area contributed by atoms with Crippen molar-refractivity contribution in [2.24, 2.45) is 5.92 Å². The molecule has 1 fully saturated rings. The van der Waals surface area contributed by atoms with E-state index in [2.05, 4.69) is 53.2 Å². The van der Waals surface area contributed by atoms with Gasteiger partial charge in [-0.05, 0) is 42.3 Å². The van der Waals surface area contributed by atoms with Crippen molar-refractivity contribution in [2.45, 2.75) is 20.4 Å². The summed E-state index contributed by atoms with van der Waals surface area (Å²) in [4.78, 5) is 5.05. The largest absolute Gasteiger partial charge is 0.467 e. The number of hydrogen-bond acceptors (Lipinski definition) is 4. The summed E-state index contributed by atoms with van der Waals surface area (Å²) in [5.74, 6) is 1.71. The molecule has 1 aliphatic heterocycles. The summed E-state index contributed by atoms with van der Waals surface area (Å²) in [7, 11) is 0. The Morgan fingerprint density at radius 2 is 1.78 bits per heavy atom. The van der Waals surface area contributed by atoms with Crippen LogP contribution in [0.3, 0.4) is 0 Å². The summed E-state index contributed by atoms with van der Waals surface area (Å²) in [6.07, 6.45) is 1.71. The fraction of sp³-hybridized carbons (Fsp3) is 0.474. The third-order valence-corrected chi connectivity index (χ3v) is 4.27. The predicted molar refractivity (Wildman–Crippen MR) is 96.0 cm³/mol. The minimum atomic E-state index is 0.722. The molecule has 4 nitrogen and oxygen atoms in total. The van der Waals surface area contributed by atoms with Gasteiger partial charge in [0.25, 0.3) is 0 Å². The van der Waals surface area contributed by atoms with Gasteiger partial charge in [-0.1, -0.05) is 13.8 Å². The summed E-state index contributed by atoms with van der Waals surface area (Å²) in [5, 5.41) is 3.39. The molecule has 0 spiro atoms. The molecule has 0 atom stereocenters. The molecule has 3 rings (SSSR count). The average Bonchev–Trinajstić information content (AvgIpc) is 3.07. The molecular formula is C19H27N3O. The molecule has 23 heavy (non-hydrogen) atoms. The van der Waals surface area contributed by atoms with Crippen molar-refractivity contribution in [1.82, 2.24) is 4.90 Å². The molecule has 1 saturated heterocycles. The van der Waals surface area contributed by atoms with Gasteiger partial charge in [-0.25, -0.2) is 0 Å². The second kappa shape index (κ2) is 7.55. The van der Waals surface area contributed by atoms with E-state index < -0.39 is 0 Å². The molecule has 2 aromatic rings. The molecule has 0 saturated carbocycles. The van der Waals surface area contributed by atoms with Crippen molar-refractivity contribution in [2.75, 3.05) is 42.9 Å². The lowest BCUT2D eigenvalue weighted by molar-refractivity contribution is 0.231. The molecule has 0 amide bonds. The molecule has 0 bridgehead atoms. The Hall–Kier alpha value is -1.94. The van der Waals surface area contributed by atoms with Crippen LogP contribution in [0.15, 0.2) is 47.1 Å². The topological polar surface area (TPSA) is 31.6 Å². The highest BCUT2D eigenvalue weighted by Gasteiger charge is 2.17. The monoisotopic (exact) mass is 313 g/mol. The summed E-state index contributed by atoms with van der Waals surface area (Å²) in [6, 6.07) is 12.6. The molecule has 1 aromatic heterocycles. The van der Waals surface area contributed by atoms with E-state index in [-0.39, 0.29) is 0 Å². The number of hydrogen-bond donors (Lipinski definition) is 1. The van der Waals surface area contributed by atoms with E-state index in [1.165, 1.54) is 12.2 Å². The first-order valence-electron chi connectivity index (χ1n) is 8.54. The van der Waals surface area contributed by atoms with Gasteiger partial charge in [0.1, 0.15) is 5.76 Å². The zero-order valence-corrected chi connectivity index (χ0v) is 14.2. The van der Waals surface area contributed by atoms with Crippen molar-refractivity contribution in [3.8, 4) is 0 Å². The maximum absolute atomic E-state index is 5.34. The standard InChI is InChI=1S/C19H27N3O/c1-16(2)15-21-9-11-22(12-10-21)18-7-5-17(6-8-18)20-14-19-4-3-13-23-19/h3-8,13,16,20H,9-12,14-15H2,1-2H3. The van der Waals surface area contributed by atoms with E-state index in [9.17, 15) is 0 Å². The van der Waals surface area contributed by atoms with Crippen LogP contribution in [0, 0.1) is 5.92 Å². The molecule has 124 valence electrons. The highest BCUT2D eigenvalue weighted by Crippen LogP contribution is 2.20. The maximum atomic E-state index is 5.34. The summed E-state index contributed by atoms with van der Waals surface area (Å²) >= 11 is 0. The minimum absolute atomic E-state index is 0.722. The Morgan fingerprint density at radius 3 is 2.39 bits per heavy atom. The van der Waals surface area contributed by atoms with Crippen LogP contribution in [0.1, 0.15) is 19.6 Å². The van der Waals surface area contributed by atoms with Gasteiger partial charge in [0.05, 0.1) is 12.8 Å². The van der Waals surface area contributed by atoms with Crippen molar-refractivity contribution in [3.63, 3.8) is 0 Å². The lowest BCUT2D eigenvalue weighted by Crippen LogP contribution is -2.47. The van der Waals surface area contributed by atoms with Gasteiger partial charge < -0.3 is 14.6 Å².